The van der Waals surface area contributed by atoms with Crippen LogP contribution in [0.3, 0.4) is 0 Å². The minimum atomic E-state index is -0.188. The van der Waals surface area contributed by atoms with Crippen molar-refractivity contribution in [1.82, 2.24) is 0 Å². The van der Waals surface area contributed by atoms with Crippen molar-refractivity contribution in [2.24, 2.45) is 5.41 Å². The number of anilines is 1. The lowest BCUT2D eigenvalue weighted by atomic mass is 9.70. The normalized spacial score (nSPS) is 16.7. The van der Waals surface area contributed by atoms with Gasteiger partial charge in [0.2, 0.25) is 0 Å². The van der Waals surface area contributed by atoms with Gasteiger partial charge in [-0.2, -0.15) is 5.26 Å². The van der Waals surface area contributed by atoms with Crippen molar-refractivity contribution in [2.45, 2.75) is 26.2 Å². The second kappa shape index (κ2) is 4.58. The molecule has 0 aliphatic heterocycles. The summed E-state index contributed by atoms with van der Waals surface area (Å²) >= 11 is 0. The molecule has 0 unspecified atom stereocenters. The van der Waals surface area contributed by atoms with E-state index in [1.807, 2.05) is 18.2 Å². The summed E-state index contributed by atoms with van der Waals surface area (Å²) in [4.78, 5) is 11.2. The Bertz CT molecular complexity index is 469. The van der Waals surface area contributed by atoms with Crippen molar-refractivity contribution in [1.29, 1.82) is 5.26 Å². The number of hydrogen-bond acceptors (Lipinski definition) is 3. The van der Waals surface area contributed by atoms with Crippen molar-refractivity contribution >= 4 is 11.5 Å². The fourth-order valence-corrected chi connectivity index (χ4v) is 2.05. The highest BCUT2D eigenvalue weighted by Gasteiger charge is 2.36. The molecule has 1 fully saturated rings. The highest BCUT2D eigenvalue weighted by atomic mass is 16.1. The standard InChI is InChI=1S/C14H16N2O/c1-11(17)12-4-2-5-13(8-12)16-10-14(9-15)6-3-7-14/h2,4-5,8,16H,3,6-7,10H2,1H3. The quantitative estimate of drug-likeness (QED) is 0.806. The number of rotatable bonds is 4. The lowest BCUT2D eigenvalue weighted by Gasteiger charge is -2.35. The van der Waals surface area contributed by atoms with Gasteiger partial charge in [-0.05, 0) is 31.9 Å². The third-order valence-electron chi connectivity index (χ3n) is 3.45. The van der Waals surface area contributed by atoms with E-state index in [2.05, 4.69) is 11.4 Å². The predicted molar refractivity (Wildman–Crippen MR) is 66.8 cm³/mol. The van der Waals surface area contributed by atoms with Crippen molar-refractivity contribution in [3.63, 3.8) is 0 Å². The monoisotopic (exact) mass is 228 g/mol. The second-order valence-corrected chi connectivity index (χ2v) is 4.74. The zero-order chi connectivity index (χ0) is 12.3. The van der Waals surface area contributed by atoms with E-state index in [1.54, 1.807) is 13.0 Å². The van der Waals surface area contributed by atoms with Gasteiger partial charge < -0.3 is 5.32 Å². The lowest BCUT2D eigenvalue weighted by Crippen LogP contribution is -2.35. The maximum absolute atomic E-state index is 11.2. The van der Waals surface area contributed by atoms with Crippen LogP contribution in [0.25, 0.3) is 0 Å². The Morgan fingerprint density at radius 3 is 2.82 bits per heavy atom. The molecule has 3 nitrogen and oxygen atoms in total. The smallest absolute Gasteiger partial charge is 0.159 e. The van der Waals surface area contributed by atoms with E-state index in [0.717, 1.165) is 24.9 Å². The van der Waals surface area contributed by atoms with Crippen LogP contribution in [-0.4, -0.2) is 12.3 Å². The summed E-state index contributed by atoms with van der Waals surface area (Å²) in [5.74, 6) is 0.0623. The third-order valence-corrected chi connectivity index (χ3v) is 3.45. The molecule has 0 radical (unpaired) electrons. The van der Waals surface area contributed by atoms with E-state index in [1.165, 1.54) is 0 Å². The molecule has 0 bridgehead atoms. The highest BCUT2D eigenvalue weighted by Crippen LogP contribution is 2.40. The Morgan fingerprint density at radius 1 is 1.53 bits per heavy atom. The molecule has 1 N–H and O–H groups in total. The van der Waals surface area contributed by atoms with Gasteiger partial charge in [-0.15, -0.1) is 0 Å². The average Bonchev–Trinajstić information content (AvgIpc) is 2.28. The van der Waals surface area contributed by atoms with Crippen molar-refractivity contribution in [3.05, 3.63) is 29.8 Å². The van der Waals surface area contributed by atoms with E-state index >= 15 is 0 Å². The van der Waals surface area contributed by atoms with E-state index in [9.17, 15) is 4.79 Å². The molecular weight excluding hydrogens is 212 g/mol. The highest BCUT2D eigenvalue weighted by molar-refractivity contribution is 5.94. The first-order valence-corrected chi connectivity index (χ1v) is 5.91. The summed E-state index contributed by atoms with van der Waals surface area (Å²) < 4.78 is 0. The molecule has 1 saturated carbocycles. The minimum absolute atomic E-state index is 0.0623. The van der Waals surface area contributed by atoms with Gasteiger partial charge in [-0.3, -0.25) is 4.79 Å². The first-order chi connectivity index (χ1) is 8.15. The molecule has 3 heteroatoms. The molecule has 0 aromatic heterocycles. The van der Waals surface area contributed by atoms with Crippen LogP contribution in [0.1, 0.15) is 36.5 Å². The van der Waals surface area contributed by atoms with Gasteiger partial charge >= 0.3 is 0 Å². The maximum Gasteiger partial charge on any atom is 0.159 e. The number of nitriles is 1. The Kier molecular flexibility index (Phi) is 3.14. The zero-order valence-electron chi connectivity index (χ0n) is 9.99. The summed E-state index contributed by atoms with van der Waals surface area (Å²) in [6.45, 7) is 2.23. The van der Waals surface area contributed by atoms with Crippen LogP contribution in [0.4, 0.5) is 5.69 Å². The summed E-state index contributed by atoms with van der Waals surface area (Å²) in [5.41, 5.74) is 1.43. The van der Waals surface area contributed by atoms with Crippen LogP contribution >= 0.6 is 0 Å². The van der Waals surface area contributed by atoms with E-state index in [4.69, 9.17) is 5.26 Å². The number of nitrogens with zero attached hydrogens (tertiary/aromatic N) is 1. The molecule has 1 aliphatic rings. The van der Waals surface area contributed by atoms with E-state index in [0.29, 0.717) is 12.1 Å². The Hall–Kier alpha value is -1.82. The van der Waals surface area contributed by atoms with E-state index < -0.39 is 0 Å². The SMILES string of the molecule is CC(=O)c1cccc(NCC2(C#N)CCC2)c1. The molecule has 88 valence electrons. The molecule has 0 saturated heterocycles. The minimum Gasteiger partial charge on any atom is -0.383 e. The number of benzene rings is 1. The van der Waals surface area contributed by atoms with E-state index in [-0.39, 0.29) is 11.2 Å². The van der Waals surface area contributed by atoms with Gasteiger partial charge in [-0.25, -0.2) is 0 Å². The van der Waals surface area contributed by atoms with Crippen LogP contribution in [0.5, 0.6) is 0 Å². The number of nitrogens with one attached hydrogen (secondary N) is 1. The topological polar surface area (TPSA) is 52.9 Å². The molecule has 0 amide bonds. The summed E-state index contributed by atoms with van der Waals surface area (Å²) in [6.07, 6.45) is 3.09. The molecule has 1 aliphatic carbocycles. The molecule has 0 atom stereocenters. The molecule has 1 aromatic rings. The number of carbonyl (C=O) groups is 1. The summed E-state index contributed by atoms with van der Waals surface area (Å²) in [5, 5.41) is 12.4. The number of carbonyl (C=O) groups excluding carboxylic acids is 1. The van der Waals surface area contributed by atoms with Crippen LogP contribution < -0.4 is 5.32 Å². The van der Waals surface area contributed by atoms with Crippen LogP contribution in [-0.2, 0) is 0 Å². The second-order valence-electron chi connectivity index (χ2n) is 4.74. The van der Waals surface area contributed by atoms with Crippen molar-refractivity contribution in [2.75, 3.05) is 11.9 Å². The molecule has 17 heavy (non-hydrogen) atoms. The van der Waals surface area contributed by atoms with Gasteiger partial charge in [-0.1, -0.05) is 18.6 Å². The number of hydrogen-bond donors (Lipinski definition) is 1. The molecule has 0 spiro atoms. The lowest BCUT2D eigenvalue weighted by molar-refractivity contribution is 0.101. The average molecular weight is 228 g/mol. The fraction of sp³-hybridized carbons (Fsp3) is 0.429. The van der Waals surface area contributed by atoms with Gasteiger partial charge in [0.1, 0.15) is 0 Å². The molecule has 0 heterocycles. The molecule has 2 rings (SSSR count). The van der Waals surface area contributed by atoms with Gasteiger partial charge in [0.25, 0.3) is 0 Å². The molecular formula is C14H16N2O. The first-order valence-electron chi connectivity index (χ1n) is 5.91. The first kappa shape index (κ1) is 11.7. The Morgan fingerprint density at radius 2 is 2.29 bits per heavy atom. The Labute approximate surface area is 101 Å². The third kappa shape index (κ3) is 2.47. The summed E-state index contributed by atoms with van der Waals surface area (Å²) in [6, 6.07) is 9.82. The van der Waals surface area contributed by atoms with Gasteiger partial charge in [0, 0.05) is 17.8 Å². The largest absolute Gasteiger partial charge is 0.383 e. The van der Waals surface area contributed by atoms with Crippen LogP contribution in [0.15, 0.2) is 24.3 Å². The number of ketones is 1. The molecule has 1 aromatic carbocycles. The van der Waals surface area contributed by atoms with Crippen LogP contribution in [0.2, 0.25) is 0 Å². The predicted octanol–water partition coefficient (Wildman–Crippen LogP) is 2.99. The Balaban J connectivity index is 2.02. The van der Waals surface area contributed by atoms with Gasteiger partial charge in [0.15, 0.2) is 5.78 Å². The zero-order valence-corrected chi connectivity index (χ0v) is 9.99. The fourth-order valence-electron chi connectivity index (χ4n) is 2.05. The number of Topliss-reactive ketones (excluding diaryl/α,β-unsaturated/α-hetero) is 1. The van der Waals surface area contributed by atoms with Crippen molar-refractivity contribution < 1.29 is 4.79 Å². The van der Waals surface area contributed by atoms with Gasteiger partial charge in [0.05, 0.1) is 11.5 Å². The van der Waals surface area contributed by atoms with Crippen LogP contribution in [0, 0.1) is 16.7 Å². The maximum atomic E-state index is 11.2. The summed E-state index contributed by atoms with van der Waals surface area (Å²) in [7, 11) is 0. The van der Waals surface area contributed by atoms with Crippen molar-refractivity contribution in [3.8, 4) is 6.07 Å².